The quantitative estimate of drug-likeness (QED) is 0.0796. The van der Waals surface area contributed by atoms with Gasteiger partial charge in [-0.1, -0.05) is 242 Å². The third kappa shape index (κ3) is 12.2. The Morgan fingerprint density at radius 2 is 0.378 bits per heavy atom. The number of benzene rings is 14. The molecule has 0 amide bonds. The molecule has 0 aliphatic carbocycles. The van der Waals surface area contributed by atoms with Gasteiger partial charge in [0.2, 0.25) is 0 Å². The monoisotopic (exact) mass is 1170 g/mol. The Bertz CT molecular complexity index is 4190. The van der Waals surface area contributed by atoms with Crippen molar-refractivity contribution in [2.75, 3.05) is 24.5 Å². The van der Waals surface area contributed by atoms with E-state index in [0.717, 1.165) is 117 Å². The second-order valence-electron chi connectivity index (χ2n) is 21.8. The molecule has 0 saturated heterocycles. The van der Waals surface area contributed by atoms with Crippen molar-refractivity contribution in [3.8, 4) is 22.3 Å². The van der Waals surface area contributed by atoms with Gasteiger partial charge in [-0.05, 0) is 163 Å². The fourth-order valence-corrected chi connectivity index (χ4v) is 12.9. The average Bonchev–Trinajstić information content (AvgIpc) is 1.17. The van der Waals surface area contributed by atoms with Gasteiger partial charge < -0.3 is 24.5 Å². The molecular weight excluding hydrogens is 1110 g/mol. The van der Waals surface area contributed by atoms with Crippen molar-refractivity contribution >= 4 is 97.1 Å². The van der Waals surface area contributed by atoms with Crippen LogP contribution < -0.4 is 24.5 Å². The molecule has 0 aliphatic rings. The Morgan fingerprint density at radius 1 is 0.156 bits per heavy atom. The normalized spacial score (nSPS) is 10.9. The molecule has 0 radical (unpaired) electrons. The predicted octanol–water partition coefficient (Wildman–Crippen LogP) is 24.5. The van der Waals surface area contributed by atoms with Gasteiger partial charge in [-0.3, -0.25) is 0 Å². The molecule has 14 aromatic carbocycles. The Hall–Kier alpha value is -11.6. The van der Waals surface area contributed by atoms with E-state index in [2.05, 4.69) is 407 Å². The summed E-state index contributed by atoms with van der Waals surface area (Å²) < 4.78 is 0. The van der Waals surface area contributed by atoms with Crippen LogP contribution in [0.25, 0.3) is 22.3 Å². The van der Waals surface area contributed by atoms with Crippen molar-refractivity contribution in [3.63, 3.8) is 0 Å². The van der Waals surface area contributed by atoms with Crippen LogP contribution in [0.5, 0.6) is 0 Å². The molecule has 0 atom stereocenters. The van der Waals surface area contributed by atoms with Crippen LogP contribution in [0.15, 0.2) is 392 Å². The number of para-hydroxylation sites is 9. The summed E-state index contributed by atoms with van der Waals surface area (Å²) in [6, 6.07) is 137. The summed E-state index contributed by atoms with van der Waals surface area (Å²) in [5, 5.41) is 0. The van der Waals surface area contributed by atoms with Crippen molar-refractivity contribution < 1.29 is 0 Å². The first-order valence-corrected chi connectivity index (χ1v) is 31.2. The summed E-state index contributed by atoms with van der Waals surface area (Å²) in [6.07, 6.45) is 0. The fraction of sp³-hybridized carbons (Fsp3) is 0. The fourth-order valence-electron chi connectivity index (χ4n) is 12.0. The third-order valence-corrected chi connectivity index (χ3v) is 16.9. The first-order chi connectivity index (χ1) is 44.7. The molecule has 0 aliphatic heterocycles. The van der Waals surface area contributed by atoms with Crippen LogP contribution in [-0.4, -0.2) is 0 Å². The summed E-state index contributed by atoms with van der Waals surface area (Å²) >= 11 is 1.76. The lowest BCUT2D eigenvalue weighted by Gasteiger charge is -2.34. The van der Waals surface area contributed by atoms with Crippen LogP contribution in [0, 0.1) is 0 Å². The molecule has 6 heteroatoms. The molecule has 430 valence electrons. The van der Waals surface area contributed by atoms with Gasteiger partial charge in [0.25, 0.3) is 0 Å². The van der Waals surface area contributed by atoms with Gasteiger partial charge in [0.1, 0.15) is 0 Å². The number of anilines is 15. The van der Waals surface area contributed by atoms with Crippen LogP contribution in [0.1, 0.15) is 0 Å². The Kier molecular flexibility index (Phi) is 16.6. The highest BCUT2D eigenvalue weighted by Gasteiger charge is 2.27. The van der Waals surface area contributed by atoms with Crippen molar-refractivity contribution in [2.45, 2.75) is 9.79 Å². The van der Waals surface area contributed by atoms with E-state index in [9.17, 15) is 0 Å². The first kappa shape index (κ1) is 56.3. The standard InChI is InChI=1S/C84H63N5S/c1-11-33-64(34-12-1)82-55-32-56-83(65-35-13-2-14-36-65)84(82)89(77-58-75(85(66-37-15-3-16-38-66)67-39-17-4-18-40-67)57-76(59-77)86(68-41-19-5-20-42-68)69-43-21-6-22-44-69)74-53-31-54-80(61-74)90-81-62-78(87(70-45-23-7-24-46-70)71-47-25-8-26-48-71)60-79(63-81)88(72-49-27-9-28-50-72)73-51-29-10-30-52-73/h1-63H. The molecule has 0 unspecified atom stereocenters. The lowest BCUT2D eigenvalue weighted by atomic mass is 9.94. The van der Waals surface area contributed by atoms with E-state index in [0.29, 0.717) is 0 Å². The van der Waals surface area contributed by atoms with Crippen molar-refractivity contribution in [1.29, 1.82) is 0 Å². The van der Waals surface area contributed by atoms with Crippen LogP contribution >= 0.6 is 11.8 Å². The topological polar surface area (TPSA) is 16.2 Å². The summed E-state index contributed by atoms with van der Waals surface area (Å²) in [7, 11) is 0. The van der Waals surface area contributed by atoms with E-state index < -0.39 is 0 Å². The number of hydrogen-bond acceptors (Lipinski definition) is 6. The molecular formula is C84H63N5S. The maximum atomic E-state index is 2.50. The van der Waals surface area contributed by atoms with Crippen LogP contribution in [-0.2, 0) is 0 Å². The second-order valence-corrected chi connectivity index (χ2v) is 22.9. The van der Waals surface area contributed by atoms with Gasteiger partial charge in [0.05, 0.1) is 22.7 Å². The minimum atomic E-state index is 0.964. The average molecular weight is 1170 g/mol. The Balaban J connectivity index is 1.03. The molecule has 14 aromatic rings. The van der Waals surface area contributed by atoms with Gasteiger partial charge in [0, 0.05) is 83.5 Å². The highest BCUT2D eigenvalue weighted by molar-refractivity contribution is 7.99. The zero-order chi connectivity index (χ0) is 60.3. The largest absolute Gasteiger partial charge is 0.310 e. The van der Waals surface area contributed by atoms with E-state index >= 15 is 0 Å². The molecule has 5 nitrogen and oxygen atoms in total. The molecule has 90 heavy (non-hydrogen) atoms. The van der Waals surface area contributed by atoms with Crippen LogP contribution in [0.4, 0.5) is 85.3 Å². The van der Waals surface area contributed by atoms with Crippen molar-refractivity contribution in [1.82, 2.24) is 0 Å². The third-order valence-electron chi connectivity index (χ3n) is 15.9. The molecule has 0 spiro atoms. The van der Waals surface area contributed by atoms with E-state index in [1.165, 1.54) is 0 Å². The minimum absolute atomic E-state index is 0.964. The molecule has 14 rings (SSSR count). The van der Waals surface area contributed by atoms with E-state index in [4.69, 9.17) is 0 Å². The molecule has 0 fully saturated rings. The van der Waals surface area contributed by atoms with E-state index in [1.54, 1.807) is 11.8 Å². The Morgan fingerprint density at radius 3 is 0.667 bits per heavy atom. The summed E-state index contributed by atoms with van der Waals surface area (Å²) in [5.41, 5.74) is 19.8. The zero-order valence-corrected chi connectivity index (χ0v) is 50.3. The van der Waals surface area contributed by atoms with Gasteiger partial charge in [0.15, 0.2) is 0 Å². The predicted molar refractivity (Wildman–Crippen MR) is 381 cm³/mol. The zero-order valence-electron chi connectivity index (χ0n) is 49.5. The Labute approximate surface area is 532 Å². The van der Waals surface area contributed by atoms with Crippen molar-refractivity contribution in [2.24, 2.45) is 0 Å². The molecule has 0 N–H and O–H groups in total. The highest BCUT2D eigenvalue weighted by Crippen LogP contribution is 2.52. The molecule has 0 saturated carbocycles. The maximum absolute atomic E-state index is 2.50. The molecule has 0 aromatic heterocycles. The van der Waals surface area contributed by atoms with Gasteiger partial charge in [-0.15, -0.1) is 0 Å². The van der Waals surface area contributed by atoms with Gasteiger partial charge in [-0.2, -0.15) is 0 Å². The lowest BCUT2D eigenvalue weighted by molar-refractivity contribution is 1.21. The molecule has 0 bridgehead atoms. The molecule has 0 heterocycles. The van der Waals surface area contributed by atoms with E-state index in [1.807, 2.05) is 0 Å². The number of rotatable bonds is 19. The van der Waals surface area contributed by atoms with Crippen LogP contribution in [0.2, 0.25) is 0 Å². The highest BCUT2D eigenvalue weighted by atomic mass is 32.2. The number of hydrogen-bond donors (Lipinski definition) is 0. The lowest BCUT2D eigenvalue weighted by Crippen LogP contribution is -2.17. The first-order valence-electron chi connectivity index (χ1n) is 30.4. The van der Waals surface area contributed by atoms with Gasteiger partial charge in [-0.25, -0.2) is 0 Å². The summed E-state index contributed by atoms with van der Waals surface area (Å²) in [6.45, 7) is 0. The maximum Gasteiger partial charge on any atom is 0.0618 e. The summed E-state index contributed by atoms with van der Waals surface area (Å²) in [4.78, 5) is 14.1. The minimum Gasteiger partial charge on any atom is -0.310 e. The number of nitrogens with zero attached hydrogens (tertiary/aromatic N) is 5. The van der Waals surface area contributed by atoms with Crippen LogP contribution in [0.3, 0.4) is 0 Å². The smallest absolute Gasteiger partial charge is 0.0618 e. The van der Waals surface area contributed by atoms with Crippen molar-refractivity contribution in [3.05, 3.63) is 382 Å². The SMILES string of the molecule is c1ccc(-c2cccc(-c3ccccc3)c2N(c2cccc(Sc3cc(N(c4ccccc4)c4ccccc4)cc(N(c4ccccc4)c4ccccc4)c3)c2)c2cc(N(c3ccccc3)c3ccccc3)cc(N(c3ccccc3)c3ccccc3)c2)cc1. The van der Waals surface area contributed by atoms with E-state index in [-0.39, 0.29) is 0 Å². The second kappa shape index (κ2) is 26.6. The van der Waals surface area contributed by atoms with Gasteiger partial charge >= 0.3 is 0 Å². The summed E-state index contributed by atoms with van der Waals surface area (Å²) in [5.74, 6) is 0.